The van der Waals surface area contributed by atoms with Gasteiger partial charge in [0.25, 0.3) is 0 Å². The van der Waals surface area contributed by atoms with Gasteiger partial charge in [-0.3, -0.25) is 0 Å². The van der Waals surface area contributed by atoms with E-state index in [1.54, 1.807) is 18.2 Å². The van der Waals surface area contributed by atoms with Crippen LogP contribution in [0.2, 0.25) is 0 Å². The van der Waals surface area contributed by atoms with Crippen LogP contribution in [0.4, 0.5) is 0 Å². The number of hydrogen-bond acceptors (Lipinski definition) is 2. The number of rotatable bonds is 3. The first-order chi connectivity index (χ1) is 10.0. The fraction of sp³-hybridized carbons (Fsp3) is 0.529. The molecule has 1 aliphatic rings. The van der Waals surface area contributed by atoms with E-state index in [4.69, 9.17) is 8.48 Å². The fourth-order valence-corrected chi connectivity index (χ4v) is 2.45. The molecule has 19 heavy (non-hydrogen) atoms. The molecule has 0 spiro atoms. The average Bonchev–Trinajstić information content (AvgIpc) is 2.53. The second-order valence-electron chi connectivity index (χ2n) is 5.04. The van der Waals surface area contributed by atoms with Gasteiger partial charge >= 0.3 is 0 Å². The lowest BCUT2D eigenvalue weighted by Crippen LogP contribution is -2.06. The molecule has 1 aliphatic carbocycles. The summed E-state index contributed by atoms with van der Waals surface area (Å²) < 4.78 is 15.4. The average molecular weight is 259 g/mol. The summed E-state index contributed by atoms with van der Waals surface area (Å²) in [5.41, 5.74) is 6.73. The molecule has 0 aromatic heterocycles. The van der Waals surface area contributed by atoms with E-state index in [-0.39, 0.29) is 6.54 Å². The van der Waals surface area contributed by atoms with Gasteiger partial charge in [0.2, 0.25) is 0 Å². The van der Waals surface area contributed by atoms with Crippen LogP contribution in [-0.4, -0.2) is 11.7 Å². The maximum Gasteiger partial charge on any atom is 0.0802 e. The van der Waals surface area contributed by atoms with Crippen molar-refractivity contribution in [2.24, 2.45) is 11.7 Å². The van der Waals surface area contributed by atoms with E-state index in [2.05, 4.69) is 11.8 Å². The number of hydrogen-bond donors (Lipinski definition) is 2. The molecule has 0 saturated heterocycles. The fourth-order valence-electron chi connectivity index (χ4n) is 2.45. The van der Waals surface area contributed by atoms with Gasteiger partial charge in [-0.1, -0.05) is 43.2 Å². The second-order valence-corrected chi connectivity index (χ2v) is 5.04. The summed E-state index contributed by atoms with van der Waals surface area (Å²) in [5, 5.41) is 10.1. The molecule has 1 unspecified atom stereocenters. The monoisotopic (exact) mass is 259 g/mol. The molecule has 2 rings (SSSR count). The number of aliphatic hydroxyl groups excluding tert-OH is 1. The predicted molar refractivity (Wildman–Crippen MR) is 78.5 cm³/mol. The Balaban J connectivity index is 2.12. The van der Waals surface area contributed by atoms with Gasteiger partial charge in [0.1, 0.15) is 0 Å². The number of aliphatic hydroxyl groups is 1. The zero-order valence-corrected chi connectivity index (χ0v) is 11.2. The first kappa shape index (κ1) is 11.5. The molecule has 102 valence electrons. The zero-order chi connectivity index (χ0) is 15.3. The van der Waals surface area contributed by atoms with Crippen LogP contribution in [0.3, 0.4) is 0 Å². The van der Waals surface area contributed by atoms with Crippen molar-refractivity contribution in [2.75, 3.05) is 6.54 Å². The maximum atomic E-state index is 10.1. The summed E-state index contributed by atoms with van der Waals surface area (Å²) >= 11 is 0. The van der Waals surface area contributed by atoms with E-state index < -0.39 is 12.5 Å². The second kappa shape index (κ2) is 7.33. The Morgan fingerprint density at radius 3 is 2.89 bits per heavy atom. The zero-order valence-electron chi connectivity index (χ0n) is 13.2. The molecule has 1 aromatic carbocycles. The minimum Gasteiger partial charge on any atom is -0.388 e. The van der Waals surface area contributed by atoms with E-state index in [0.717, 1.165) is 5.56 Å². The molecule has 1 saturated carbocycles. The summed E-state index contributed by atoms with van der Waals surface area (Å²) in [6.45, 7) is -0.216. The van der Waals surface area contributed by atoms with Crippen LogP contribution in [0.1, 0.15) is 58.4 Å². The van der Waals surface area contributed by atoms with Gasteiger partial charge in [-0.2, -0.15) is 0 Å². The van der Waals surface area contributed by atoms with Crippen molar-refractivity contribution in [1.29, 1.82) is 0 Å². The molecule has 3 N–H and O–H groups in total. The lowest BCUT2D eigenvalue weighted by Gasteiger charge is -2.15. The third-order valence-corrected chi connectivity index (χ3v) is 3.54. The standard InChI is InChI=1S/C17H23NO/c18-12-11-17(19)16-8-4-7-15(13-16)10-9-14-5-2-1-3-6-14/h4,7-8,13-14,17,19H,1-3,5-6,11-12,18H2/i11D2. The predicted octanol–water partition coefficient (Wildman–Crippen LogP) is 3.00. The molecule has 0 amide bonds. The normalized spacial score (nSPS) is 19.9. The quantitative estimate of drug-likeness (QED) is 0.820. The van der Waals surface area contributed by atoms with Crippen molar-refractivity contribution >= 4 is 0 Å². The van der Waals surface area contributed by atoms with Crippen molar-refractivity contribution in [2.45, 2.75) is 44.6 Å². The van der Waals surface area contributed by atoms with E-state index in [1.165, 1.54) is 32.1 Å². The topological polar surface area (TPSA) is 46.2 Å². The van der Waals surface area contributed by atoms with Gasteiger partial charge in [0.05, 0.1) is 6.10 Å². The molecule has 0 aliphatic heterocycles. The molecule has 2 heteroatoms. The Labute approximate surface area is 118 Å². The summed E-state index contributed by atoms with van der Waals surface area (Å²) in [6, 6.07) is 7.16. The van der Waals surface area contributed by atoms with Crippen molar-refractivity contribution in [3.63, 3.8) is 0 Å². The smallest absolute Gasteiger partial charge is 0.0802 e. The van der Waals surface area contributed by atoms with E-state index in [0.29, 0.717) is 11.5 Å². The Morgan fingerprint density at radius 2 is 2.16 bits per heavy atom. The molecule has 1 atom stereocenters. The first-order valence-electron chi connectivity index (χ1n) is 8.02. The highest BCUT2D eigenvalue weighted by molar-refractivity contribution is 5.38. The minimum absolute atomic E-state index is 0.216. The first-order valence-corrected chi connectivity index (χ1v) is 7.02. The van der Waals surface area contributed by atoms with E-state index in [9.17, 15) is 5.11 Å². The minimum atomic E-state index is -1.82. The van der Waals surface area contributed by atoms with E-state index >= 15 is 0 Å². The maximum absolute atomic E-state index is 10.1. The van der Waals surface area contributed by atoms with Crippen LogP contribution >= 0.6 is 0 Å². The molecular weight excluding hydrogens is 234 g/mol. The SMILES string of the molecule is [2H]C([2H])(CN)C(O)c1cccc(C#CC2CCCCC2)c1. The highest BCUT2D eigenvalue weighted by atomic mass is 16.3. The van der Waals surface area contributed by atoms with Gasteiger partial charge in [0.15, 0.2) is 0 Å². The van der Waals surface area contributed by atoms with Crippen LogP contribution in [0.15, 0.2) is 24.3 Å². The number of benzene rings is 1. The highest BCUT2D eigenvalue weighted by Gasteiger charge is 2.10. The van der Waals surface area contributed by atoms with Gasteiger partial charge in [-0.05, 0) is 43.5 Å². The molecular formula is C17H23NO. The summed E-state index contributed by atoms with van der Waals surface area (Å²) in [7, 11) is 0. The summed E-state index contributed by atoms with van der Waals surface area (Å²) in [5.74, 6) is 6.95. The van der Waals surface area contributed by atoms with Crippen molar-refractivity contribution in [3.8, 4) is 11.8 Å². The molecule has 1 fully saturated rings. The lowest BCUT2D eigenvalue weighted by atomic mass is 9.89. The molecule has 0 heterocycles. The Morgan fingerprint density at radius 1 is 1.37 bits per heavy atom. The Kier molecular flexibility index (Phi) is 4.44. The third kappa shape index (κ3) is 4.38. The van der Waals surface area contributed by atoms with Crippen molar-refractivity contribution in [3.05, 3.63) is 35.4 Å². The van der Waals surface area contributed by atoms with Gasteiger partial charge in [0, 0.05) is 14.2 Å². The summed E-state index contributed by atoms with van der Waals surface area (Å²) in [4.78, 5) is 0. The molecule has 1 aromatic rings. The van der Waals surface area contributed by atoms with Crippen LogP contribution < -0.4 is 5.73 Å². The van der Waals surface area contributed by atoms with Gasteiger partial charge in [-0.15, -0.1) is 0 Å². The largest absolute Gasteiger partial charge is 0.388 e. The summed E-state index contributed by atoms with van der Waals surface area (Å²) in [6.07, 6.45) is 3.13. The van der Waals surface area contributed by atoms with Crippen molar-refractivity contribution < 1.29 is 7.85 Å². The lowest BCUT2D eigenvalue weighted by molar-refractivity contribution is 0.170. The van der Waals surface area contributed by atoms with E-state index in [1.807, 2.05) is 6.07 Å². The molecule has 0 bridgehead atoms. The highest BCUT2D eigenvalue weighted by Crippen LogP contribution is 2.23. The van der Waals surface area contributed by atoms with Crippen LogP contribution in [0, 0.1) is 17.8 Å². The third-order valence-electron chi connectivity index (χ3n) is 3.54. The molecule has 2 nitrogen and oxygen atoms in total. The van der Waals surface area contributed by atoms with Crippen LogP contribution in [0.25, 0.3) is 0 Å². The Hall–Kier alpha value is -1.30. The van der Waals surface area contributed by atoms with Crippen LogP contribution in [0.5, 0.6) is 0 Å². The number of nitrogens with two attached hydrogens (primary N) is 1. The van der Waals surface area contributed by atoms with Gasteiger partial charge in [-0.25, -0.2) is 0 Å². The van der Waals surface area contributed by atoms with Crippen LogP contribution in [-0.2, 0) is 0 Å². The Bertz CT molecular complexity index is 527. The molecule has 0 radical (unpaired) electrons. The van der Waals surface area contributed by atoms with Crippen molar-refractivity contribution in [1.82, 2.24) is 0 Å². The van der Waals surface area contributed by atoms with Gasteiger partial charge < -0.3 is 10.8 Å².